The number of methoxy groups -OCH3 is 2. The summed E-state index contributed by atoms with van der Waals surface area (Å²) in [7, 11) is 3.16. The third kappa shape index (κ3) is 6.49. The molecule has 5 rings (SSSR count). The number of benzene rings is 2. The minimum Gasteiger partial charge on any atom is -0.493 e. The Hall–Kier alpha value is -5.38. The van der Waals surface area contributed by atoms with Crippen LogP contribution in [-0.2, 0) is 5.41 Å². The molecule has 0 saturated carbocycles. The number of nitrogens with zero attached hydrogens (tertiary/aromatic N) is 3. The van der Waals surface area contributed by atoms with Gasteiger partial charge in [0.25, 0.3) is 0 Å². The second-order valence-corrected chi connectivity index (χ2v) is 10.4. The SMILES string of the molecule is COc1cc2nccc(Oc3ccc(NC(=O)Nc4[nH]c(C(C)(C)C)nc4C=Cc4ccncc4)cc3)c2cc1OC. The summed E-state index contributed by atoms with van der Waals surface area (Å²) in [4.78, 5) is 29.4. The summed E-state index contributed by atoms with van der Waals surface area (Å²) in [5.74, 6) is 3.63. The number of pyridine rings is 2. The van der Waals surface area contributed by atoms with Crippen molar-refractivity contribution >= 4 is 40.6 Å². The first-order valence-electron chi connectivity index (χ1n) is 13.3. The smallest absolute Gasteiger partial charge is 0.324 e. The third-order valence-electron chi connectivity index (χ3n) is 6.37. The van der Waals surface area contributed by atoms with Crippen LogP contribution >= 0.6 is 0 Å². The van der Waals surface area contributed by atoms with Gasteiger partial charge >= 0.3 is 6.03 Å². The van der Waals surface area contributed by atoms with Crippen LogP contribution in [0.3, 0.4) is 0 Å². The fourth-order valence-corrected chi connectivity index (χ4v) is 4.15. The van der Waals surface area contributed by atoms with Gasteiger partial charge in [0.15, 0.2) is 11.5 Å². The average Bonchev–Trinajstić information content (AvgIpc) is 3.40. The number of carbonyl (C=O) groups is 1. The molecule has 0 aliphatic carbocycles. The monoisotopic (exact) mass is 564 g/mol. The summed E-state index contributed by atoms with van der Waals surface area (Å²) >= 11 is 0. The van der Waals surface area contributed by atoms with Crippen LogP contribution in [0.1, 0.15) is 37.9 Å². The van der Waals surface area contributed by atoms with Crippen LogP contribution in [0.5, 0.6) is 23.0 Å². The molecule has 10 heteroatoms. The number of carbonyl (C=O) groups excluding carboxylic acids is 1. The highest BCUT2D eigenvalue weighted by Crippen LogP contribution is 2.37. The maximum Gasteiger partial charge on any atom is 0.324 e. The Bertz CT molecular complexity index is 1720. The van der Waals surface area contributed by atoms with Gasteiger partial charge in [-0.15, -0.1) is 0 Å². The predicted molar refractivity (Wildman–Crippen MR) is 164 cm³/mol. The second kappa shape index (κ2) is 12.0. The van der Waals surface area contributed by atoms with Crippen molar-refractivity contribution in [3.8, 4) is 23.0 Å². The van der Waals surface area contributed by atoms with Gasteiger partial charge in [-0.1, -0.05) is 26.8 Å². The largest absolute Gasteiger partial charge is 0.493 e. The number of nitrogens with one attached hydrogen (secondary N) is 3. The van der Waals surface area contributed by atoms with E-state index in [0.717, 1.165) is 16.8 Å². The van der Waals surface area contributed by atoms with Crippen LogP contribution in [0.15, 0.2) is 73.2 Å². The molecule has 2 amide bonds. The Balaban J connectivity index is 1.29. The van der Waals surface area contributed by atoms with E-state index in [4.69, 9.17) is 19.2 Å². The number of hydrogen-bond donors (Lipinski definition) is 3. The Kier molecular flexibility index (Phi) is 8.05. The number of urea groups is 1. The molecule has 10 nitrogen and oxygen atoms in total. The van der Waals surface area contributed by atoms with Gasteiger partial charge in [-0.2, -0.15) is 0 Å². The zero-order valence-corrected chi connectivity index (χ0v) is 24.1. The lowest BCUT2D eigenvalue weighted by Gasteiger charge is -2.14. The molecule has 0 saturated heterocycles. The van der Waals surface area contributed by atoms with Crippen LogP contribution in [0.4, 0.5) is 16.3 Å². The van der Waals surface area contributed by atoms with Crippen molar-refractivity contribution in [3.05, 3.63) is 90.3 Å². The first kappa shape index (κ1) is 28.2. The topological polar surface area (TPSA) is 123 Å². The number of hydrogen-bond acceptors (Lipinski definition) is 7. The fourth-order valence-electron chi connectivity index (χ4n) is 4.15. The molecule has 0 fully saturated rings. The van der Waals surface area contributed by atoms with E-state index < -0.39 is 6.03 Å². The quantitative estimate of drug-likeness (QED) is 0.181. The molecule has 5 aromatic rings. The number of fused-ring (bicyclic) bond motifs is 1. The van der Waals surface area contributed by atoms with E-state index in [1.54, 1.807) is 69.2 Å². The highest BCUT2D eigenvalue weighted by molar-refractivity contribution is 6.00. The van der Waals surface area contributed by atoms with E-state index in [0.29, 0.717) is 45.7 Å². The van der Waals surface area contributed by atoms with Gasteiger partial charge in [0.05, 0.1) is 19.7 Å². The van der Waals surface area contributed by atoms with E-state index >= 15 is 0 Å². The van der Waals surface area contributed by atoms with Crippen molar-refractivity contribution < 1.29 is 19.0 Å². The molecule has 42 heavy (non-hydrogen) atoms. The first-order valence-corrected chi connectivity index (χ1v) is 13.3. The second-order valence-electron chi connectivity index (χ2n) is 10.4. The Labute approximate surface area is 243 Å². The summed E-state index contributed by atoms with van der Waals surface area (Å²) in [6.45, 7) is 6.16. The Morgan fingerprint density at radius 1 is 0.857 bits per heavy atom. The van der Waals surface area contributed by atoms with Gasteiger partial charge in [0.1, 0.15) is 28.8 Å². The van der Waals surface area contributed by atoms with Crippen LogP contribution < -0.4 is 24.8 Å². The highest BCUT2D eigenvalue weighted by atomic mass is 16.5. The van der Waals surface area contributed by atoms with Gasteiger partial charge in [0.2, 0.25) is 0 Å². The normalized spacial score (nSPS) is 11.5. The standard InChI is InChI=1S/C32H32N6O4/c1-32(2,3)30-36-24(11-6-20-12-15-33-16-13-20)29(37-30)38-31(39)35-21-7-9-22(10-8-21)42-26-14-17-34-25-19-28(41-5)27(40-4)18-23(25)26/h6-19H,1-5H3,(H,36,37)(H2,35,38,39). The number of anilines is 2. The zero-order chi connectivity index (χ0) is 29.7. The van der Waals surface area contributed by atoms with Gasteiger partial charge in [0, 0.05) is 41.1 Å². The summed E-state index contributed by atoms with van der Waals surface area (Å²) < 4.78 is 17.0. The maximum atomic E-state index is 12.9. The van der Waals surface area contributed by atoms with Crippen LogP contribution in [0, 0.1) is 0 Å². The van der Waals surface area contributed by atoms with Gasteiger partial charge in [-0.3, -0.25) is 15.3 Å². The van der Waals surface area contributed by atoms with Gasteiger partial charge < -0.3 is 24.5 Å². The van der Waals surface area contributed by atoms with E-state index in [1.807, 2.05) is 30.4 Å². The number of H-pyrrole nitrogens is 1. The van der Waals surface area contributed by atoms with Gasteiger partial charge in [-0.25, -0.2) is 9.78 Å². The number of amides is 2. The Morgan fingerprint density at radius 3 is 2.26 bits per heavy atom. The molecular weight excluding hydrogens is 532 g/mol. The molecule has 0 unspecified atom stereocenters. The minimum atomic E-state index is -0.410. The fraction of sp³-hybridized carbons (Fsp3) is 0.188. The zero-order valence-electron chi connectivity index (χ0n) is 24.1. The molecule has 0 aliphatic rings. The van der Waals surface area contributed by atoms with E-state index in [9.17, 15) is 4.79 Å². The van der Waals surface area contributed by atoms with Gasteiger partial charge in [-0.05, 0) is 60.2 Å². The molecule has 214 valence electrons. The number of aromatic nitrogens is 4. The number of imidazole rings is 1. The molecule has 2 aromatic carbocycles. The number of rotatable bonds is 8. The van der Waals surface area contributed by atoms with Crippen molar-refractivity contribution in [2.75, 3.05) is 24.9 Å². The van der Waals surface area contributed by atoms with Crippen molar-refractivity contribution in [1.82, 2.24) is 19.9 Å². The van der Waals surface area contributed by atoms with Crippen LogP contribution in [0.2, 0.25) is 0 Å². The lowest BCUT2D eigenvalue weighted by atomic mass is 9.96. The van der Waals surface area contributed by atoms with E-state index in [1.165, 1.54) is 0 Å². The third-order valence-corrected chi connectivity index (χ3v) is 6.37. The molecule has 0 aliphatic heterocycles. The van der Waals surface area contributed by atoms with Crippen molar-refractivity contribution in [1.29, 1.82) is 0 Å². The molecule has 3 aromatic heterocycles. The molecule has 0 atom stereocenters. The Morgan fingerprint density at radius 2 is 1.57 bits per heavy atom. The predicted octanol–water partition coefficient (Wildman–Crippen LogP) is 7.27. The average molecular weight is 565 g/mol. The summed E-state index contributed by atoms with van der Waals surface area (Å²) in [6.07, 6.45) is 8.90. The summed E-state index contributed by atoms with van der Waals surface area (Å²) in [6, 6.07) is 15.9. The first-order chi connectivity index (χ1) is 20.2. The van der Waals surface area contributed by atoms with Crippen LogP contribution in [-0.4, -0.2) is 40.2 Å². The lowest BCUT2D eigenvalue weighted by molar-refractivity contribution is 0.262. The van der Waals surface area contributed by atoms with Crippen molar-refractivity contribution in [2.45, 2.75) is 26.2 Å². The summed E-state index contributed by atoms with van der Waals surface area (Å²) in [5.41, 5.74) is 2.66. The minimum absolute atomic E-state index is 0.233. The molecule has 0 radical (unpaired) electrons. The molecule has 3 N–H and O–H groups in total. The lowest BCUT2D eigenvalue weighted by Crippen LogP contribution is -2.20. The molecule has 3 heterocycles. The maximum absolute atomic E-state index is 12.9. The van der Waals surface area contributed by atoms with Crippen molar-refractivity contribution in [3.63, 3.8) is 0 Å². The number of aromatic amines is 1. The molecule has 0 spiro atoms. The van der Waals surface area contributed by atoms with Crippen LogP contribution in [0.25, 0.3) is 23.1 Å². The highest BCUT2D eigenvalue weighted by Gasteiger charge is 2.21. The summed E-state index contributed by atoms with van der Waals surface area (Å²) in [5, 5.41) is 6.53. The molecular formula is C32H32N6O4. The van der Waals surface area contributed by atoms with Crippen molar-refractivity contribution in [2.24, 2.45) is 0 Å². The van der Waals surface area contributed by atoms with E-state index in [2.05, 4.69) is 46.4 Å². The van der Waals surface area contributed by atoms with E-state index in [-0.39, 0.29) is 5.41 Å². The number of ether oxygens (including phenoxy) is 3. The molecule has 0 bridgehead atoms.